The van der Waals surface area contributed by atoms with Gasteiger partial charge in [0.25, 0.3) is 11.8 Å². The monoisotopic (exact) mass is 570 g/mol. The molecule has 0 spiro atoms. The molecule has 4 rings (SSSR count). The zero-order valence-corrected chi connectivity index (χ0v) is 23.4. The number of nitrogens with zero attached hydrogens (tertiary/aromatic N) is 3. The van der Waals surface area contributed by atoms with Crippen LogP contribution in [-0.2, 0) is 9.59 Å². The number of nitroso groups, excluding NO2 is 1. The van der Waals surface area contributed by atoms with E-state index >= 15 is 0 Å². The summed E-state index contributed by atoms with van der Waals surface area (Å²) in [6.45, 7) is 2.48. The standard InChI is InChI=1S/C10H15F2N3O2.C10H16F2N2O.ClH.HNO2.Na/c11-10(12)4-8(5-10)13-9(16)7-2-1-3-15(6-7)14-17;11-10(12)4-8(5-10)14-9(15)7-2-1-3-13-6-7;;2-1-3;/h7-8H,1-6H2,(H,13,16);7-8,13H,1-6H2,(H,14,15);1H;(H,2,3);/q;;;;+1/p-1/t2*7-;;;/m00.../s1. The number of alkyl halides is 4. The third-order valence-electron chi connectivity index (χ3n) is 6.43. The third-order valence-corrected chi connectivity index (χ3v) is 6.43. The predicted octanol–water partition coefficient (Wildman–Crippen LogP) is -0.130. The number of hydrogen-bond acceptors (Lipinski definition) is 8. The fourth-order valence-corrected chi connectivity index (χ4v) is 4.49. The molecule has 2 aliphatic heterocycles. The Morgan fingerprint density at radius 2 is 1.35 bits per heavy atom. The van der Waals surface area contributed by atoms with Gasteiger partial charge in [-0.25, -0.2) is 17.6 Å². The molecule has 2 saturated heterocycles. The van der Waals surface area contributed by atoms with E-state index in [2.05, 4.69) is 21.2 Å². The molecule has 2 atom stereocenters. The number of amides is 2. The molecular formula is C20H32ClF4N6NaO5. The van der Waals surface area contributed by atoms with Gasteiger partial charge in [0.05, 0.1) is 23.7 Å². The molecule has 0 radical (unpaired) electrons. The van der Waals surface area contributed by atoms with Gasteiger partial charge >= 0.3 is 29.6 Å². The summed E-state index contributed by atoms with van der Waals surface area (Å²) >= 11 is 0. The van der Waals surface area contributed by atoms with E-state index < -0.39 is 17.9 Å². The Bertz CT molecular complexity index is 738. The number of rotatable bonds is 5. The maximum Gasteiger partial charge on any atom is 1.00 e. The molecule has 2 amide bonds. The summed E-state index contributed by atoms with van der Waals surface area (Å²) in [6.07, 6.45) is 2.31. The van der Waals surface area contributed by atoms with Crippen LogP contribution < -0.4 is 45.5 Å². The molecule has 17 heteroatoms. The van der Waals surface area contributed by atoms with Crippen molar-refractivity contribution in [1.29, 1.82) is 0 Å². The van der Waals surface area contributed by atoms with Crippen LogP contribution in [0.5, 0.6) is 0 Å². The van der Waals surface area contributed by atoms with E-state index in [1.807, 2.05) is 0 Å². The van der Waals surface area contributed by atoms with Gasteiger partial charge in [0.2, 0.25) is 11.8 Å². The minimum Gasteiger partial charge on any atom is -0.444 e. The Morgan fingerprint density at radius 1 is 0.892 bits per heavy atom. The fraction of sp³-hybridized carbons (Fsp3) is 0.900. The normalized spacial score (nSPS) is 25.8. The van der Waals surface area contributed by atoms with E-state index in [4.69, 9.17) is 10.1 Å². The number of nitrogens with one attached hydrogen (secondary N) is 3. The molecule has 0 aromatic carbocycles. The molecular weight excluding hydrogens is 539 g/mol. The Kier molecular flexibility index (Phi) is 16.0. The first-order valence-electron chi connectivity index (χ1n) is 11.6. The molecule has 11 nitrogen and oxygen atoms in total. The summed E-state index contributed by atoms with van der Waals surface area (Å²) < 4.78 is 50.2. The second-order valence-corrected chi connectivity index (χ2v) is 9.39. The zero-order valence-electron chi connectivity index (χ0n) is 20.6. The van der Waals surface area contributed by atoms with Crippen molar-refractivity contribution in [2.24, 2.45) is 22.5 Å². The smallest absolute Gasteiger partial charge is 0.444 e. The molecule has 3 N–H and O–H groups in total. The Labute approximate surface area is 240 Å². The van der Waals surface area contributed by atoms with Gasteiger partial charge in [-0.05, 0) is 32.2 Å². The maximum absolute atomic E-state index is 12.6. The van der Waals surface area contributed by atoms with Gasteiger partial charge in [0.15, 0.2) is 0 Å². The van der Waals surface area contributed by atoms with Crippen molar-refractivity contribution in [2.45, 2.75) is 75.3 Å². The van der Waals surface area contributed by atoms with Crippen LogP contribution in [0.3, 0.4) is 0 Å². The summed E-state index contributed by atoms with van der Waals surface area (Å²) in [6, 6.07) is -0.730. The summed E-state index contributed by atoms with van der Waals surface area (Å²) in [5, 5.41) is 21.5. The van der Waals surface area contributed by atoms with Gasteiger partial charge in [-0.15, -0.1) is 22.7 Å². The van der Waals surface area contributed by atoms with E-state index in [-0.39, 0.29) is 97.3 Å². The second kappa shape index (κ2) is 16.6. The molecule has 37 heavy (non-hydrogen) atoms. The molecule has 0 aromatic heterocycles. The fourth-order valence-electron chi connectivity index (χ4n) is 4.49. The van der Waals surface area contributed by atoms with Gasteiger partial charge < -0.3 is 26.1 Å². The number of carbonyl (C=O) groups excluding carboxylic acids is 2. The third kappa shape index (κ3) is 12.4. The van der Waals surface area contributed by atoms with Gasteiger partial charge in [-0.3, -0.25) is 14.6 Å². The summed E-state index contributed by atoms with van der Waals surface area (Å²) in [7, 11) is 0. The zero-order chi connectivity index (χ0) is 26.1. The quantitative estimate of drug-likeness (QED) is 0.180. The van der Waals surface area contributed by atoms with Crippen LogP contribution in [0.1, 0.15) is 51.4 Å². The molecule has 0 bridgehead atoms. The van der Waals surface area contributed by atoms with Crippen LogP contribution in [0.15, 0.2) is 10.6 Å². The minimum atomic E-state index is -2.62. The van der Waals surface area contributed by atoms with Crippen LogP contribution in [0.25, 0.3) is 0 Å². The SMILES string of the molecule is Cl.O=C(NC1CC(F)(F)C1)[C@H]1CCCNC1.O=NN1CCC[C@H](C(=O)NC2CC(F)(F)C2)C1.O=N[O-].[Na+]. The van der Waals surface area contributed by atoms with Crippen LogP contribution in [0.2, 0.25) is 0 Å². The van der Waals surface area contributed by atoms with E-state index in [0.717, 1.165) is 31.1 Å². The molecule has 4 aliphatic rings. The predicted molar refractivity (Wildman–Crippen MR) is 124 cm³/mol. The minimum absolute atomic E-state index is 0. The molecule has 2 saturated carbocycles. The van der Waals surface area contributed by atoms with Crippen molar-refractivity contribution in [3.8, 4) is 0 Å². The number of hydrogen-bond donors (Lipinski definition) is 3. The summed E-state index contributed by atoms with van der Waals surface area (Å²) in [5.74, 6) is -5.82. The van der Waals surface area contributed by atoms with Crippen molar-refractivity contribution in [3.63, 3.8) is 0 Å². The van der Waals surface area contributed by atoms with Crippen LogP contribution in [-0.4, -0.2) is 66.9 Å². The molecule has 2 aliphatic carbocycles. The van der Waals surface area contributed by atoms with Crippen molar-refractivity contribution >= 4 is 24.2 Å². The van der Waals surface area contributed by atoms with Crippen molar-refractivity contribution in [2.75, 3.05) is 26.2 Å². The molecule has 208 valence electrons. The molecule has 2 heterocycles. The number of halogens is 5. The number of piperidine rings is 2. The van der Waals surface area contributed by atoms with Gasteiger partial charge in [-0.2, -0.15) is 0 Å². The Morgan fingerprint density at radius 3 is 1.76 bits per heavy atom. The van der Waals surface area contributed by atoms with Crippen molar-refractivity contribution < 1.29 is 56.7 Å². The van der Waals surface area contributed by atoms with Gasteiger partial charge in [0, 0.05) is 50.9 Å². The average molecular weight is 571 g/mol. The Balaban J connectivity index is 0.000000607. The van der Waals surface area contributed by atoms with Crippen LogP contribution >= 0.6 is 12.4 Å². The average Bonchev–Trinajstić information content (AvgIpc) is 2.78. The van der Waals surface area contributed by atoms with Gasteiger partial charge in [0.1, 0.15) is 0 Å². The summed E-state index contributed by atoms with van der Waals surface area (Å²) in [5.41, 5.74) is 0. The Hall–Kier alpha value is -1.29. The van der Waals surface area contributed by atoms with Gasteiger partial charge in [-0.1, -0.05) is 0 Å². The van der Waals surface area contributed by atoms with E-state index in [9.17, 15) is 32.1 Å². The van der Waals surface area contributed by atoms with E-state index in [1.54, 1.807) is 0 Å². The topological polar surface area (TPSA) is 155 Å². The van der Waals surface area contributed by atoms with E-state index in [1.165, 1.54) is 5.01 Å². The largest absolute Gasteiger partial charge is 1.00 e. The van der Waals surface area contributed by atoms with Crippen molar-refractivity contribution in [3.05, 3.63) is 15.0 Å². The van der Waals surface area contributed by atoms with Crippen LogP contribution in [0, 0.1) is 26.9 Å². The molecule has 0 unspecified atom stereocenters. The maximum atomic E-state index is 12.6. The molecule has 0 aromatic rings. The molecule has 4 fully saturated rings. The van der Waals surface area contributed by atoms with Crippen molar-refractivity contribution in [1.82, 2.24) is 21.0 Å². The second-order valence-electron chi connectivity index (χ2n) is 9.39. The number of carbonyl (C=O) groups is 2. The van der Waals surface area contributed by atoms with Crippen LogP contribution in [0.4, 0.5) is 17.6 Å². The first-order valence-corrected chi connectivity index (χ1v) is 11.6. The summed E-state index contributed by atoms with van der Waals surface area (Å²) in [4.78, 5) is 41.7. The first kappa shape index (κ1) is 35.7. The first-order chi connectivity index (χ1) is 16.5. The van der Waals surface area contributed by atoms with E-state index in [0.29, 0.717) is 26.1 Å².